The monoisotopic (exact) mass is 553 g/mol. The van der Waals surface area contributed by atoms with Gasteiger partial charge in [-0.1, -0.05) is 12.1 Å². The summed E-state index contributed by atoms with van der Waals surface area (Å²) in [5.74, 6) is 0.441. The van der Waals surface area contributed by atoms with Crippen LogP contribution in [0.2, 0.25) is 0 Å². The van der Waals surface area contributed by atoms with E-state index in [4.69, 9.17) is 9.84 Å². The van der Waals surface area contributed by atoms with Gasteiger partial charge < -0.3 is 24.7 Å². The zero-order valence-electron chi connectivity index (χ0n) is 24.6. The first-order valence-electron chi connectivity index (χ1n) is 15.3. The van der Waals surface area contributed by atoms with Crippen molar-refractivity contribution >= 4 is 17.0 Å². The number of nitrogens with one attached hydrogen (secondary N) is 1. The largest absolute Gasteiger partial charge is 0.444 e. The van der Waals surface area contributed by atoms with Crippen molar-refractivity contribution in [3.05, 3.63) is 29.5 Å². The molecule has 3 atom stereocenters. The minimum atomic E-state index is -0.784. The fourth-order valence-corrected chi connectivity index (χ4v) is 7.72. The third kappa shape index (κ3) is 5.50. The molecular weight excluding hydrogens is 506 g/mol. The van der Waals surface area contributed by atoms with Gasteiger partial charge in [0, 0.05) is 42.9 Å². The lowest BCUT2D eigenvalue weighted by Crippen LogP contribution is -2.61. The molecule has 4 heterocycles. The van der Waals surface area contributed by atoms with E-state index in [9.17, 15) is 15.0 Å². The number of likely N-dealkylation sites (tertiary alicyclic amines) is 2. The van der Waals surface area contributed by atoms with Crippen LogP contribution in [-0.4, -0.2) is 86.2 Å². The summed E-state index contributed by atoms with van der Waals surface area (Å²) in [7, 11) is 1.99. The van der Waals surface area contributed by atoms with Gasteiger partial charge in [0.1, 0.15) is 18.1 Å². The Hall–Kier alpha value is -2.20. The first-order chi connectivity index (χ1) is 19.0. The Morgan fingerprint density at radius 2 is 1.75 bits per heavy atom. The molecule has 1 amide bonds. The van der Waals surface area contributed by atoms with Gasteiger partial charge in [-0.2, -0.15) is 5.10 Å². The predicted octanol–water partition coefficient (Wildman–Crippen LogP) is 4.04. The molecule has 40 heavy (non-hydrogen) atoms. The van der Waals surface area contributed by atoms with E-state index in [1.165, 1.54) is 44.1 Å². The molecule has 1 aliphatic carbocycles. The van der Waals surface area contributed by atoms with Crippen LogP contribution in [0.5, 0.6) is 0 Å². The lowest BCUT2D eigenvalue weighted by molar-refractivity contribution is -0.0595. The number of benzene rings is 1. The number of carbonyl (C=O) groups excluding carboxylic acids is 1. The van der Waals surface area contributed by atoms with Crippen molar-refractivity contribution in [3.8, 4) is 0 Å². The number of aromatic nitrogens is 2. The van der Waals surface area contributed by atoms with Gasteiger partial charge in [-0.15, -0.1) is 0 Å². The average Bonchev–Trinajstić information content (AvgIpc) is 3.22. The molecule has 9 nitrogen and oxygen atoms in total. The van der Waals surface area contributed by atoms with E-state index in [0.29, 0.717) is 30.2 Å². The van der Waals surface area contributed by atoms with Gasteiger partial charge in [0.05, 0.1) is 11.2 Å². The molecule has 0 bridgehead atoms. The number of aliphatic hydroxyl groups is 2. The number of ether oxygens (including phenoxy) is 1. The van der Waals surface area contributed by atoms with Crippen LogP contribution in [-0.2, 0) is 11.8 Å². The van der Waals surface area contributed by atoms with Gasteiger partial charge in [-0.25, -0.2) is 4.79 Å². The van der Waals surface area contributed by atoms with Crippen LogP contribution in [0.1, 0.15) is 95.2 Å². The SMILES string of the molecule is Cn1nc(C2CCC(O)NC2O)c2ccc(C3CCN(C4CCC5(CC4)CN(C(=O)OC(C)(C)C)C5)CC3)cc21. The van der Waals surface area contributed by atoms with E-state index < -0.39 is 18.1 Å². The summed E-state index contributed by atoms with van der Waals surface area (Å²) in [6.07, 6.45) is 6.96. The number of rotatable bonds is 3. The second kappa shape index (κ2) is 10.6. The summed E-state index contributed by atoms with van der Waals surface area (Å²) in [6.45, 7) is 9.78. The Bertz CT molecular complexity index is 1210. The zero-order chi connectivity index (χ0) is 28.2. The van der Waals surface area contributed by atoms with Crippen LogP contribution in [0.3, 0.4) is 0 Å². The Balaban J connectivity index is 1.02. The van der Waals surface area contributed by atoms with E-state index in [-0.39, 0.29) is 12.0 Å². The molecule has 1 aromatic carbocycles. The minimum absolute atomic E-state index is 0.115. The Morgan fingerprint density at radius 3 is 2.40 bits per heavy atom. The number of hydrogen-bond acceptors (Lipinski definition) is 7. The number of fused-ring (bicyclic) bond motifs is 1. The molecule has 1 aromatic heterocycles. The first-order valence-corrected chi connectivity index (χ1v) is 15.3. The standard InChI is InChI=1S/C31H47N5O4/c1-30(2,3)40-29(39)36-18-31(19-36)13-9-22(10-14-31)35-15-11-20(12-16-35)21-5-6-23-25(17-21)34(4)33-27(23)24-7-8-26(37)32-28(24)38/h5-6,17,20,22,24,26,28,32,37-38H,7-16,18-19H2,1-4H3. The van der Waals surface area contributed by atoms with Crippen molar-refractivity contribution < 1.29 is 19.7 Å². The van der Waals surface area contributed by atoms with E-state index in [1.54, 1.807) is 0 Å². The molecule has 1 spiro atoms. The summed E-state index contributed by atoms with van der Waals surface area (Å²) in [5, 5.41) is 29.1. The Morgan fingerprint density at radius 1 is 1.05 bits per heavy atom. The summed E-state index contributed by atoms with van der Waals surface area (Å²) in [6, 6.07) is 7.43. The molecular formula is C31H47N5O4. The van der Waals surface area contributed by atoms with Crippen LogP contribution < -0.4 is 5.32 Å². The van der Waals surface area contributed by atoms with E-state index in [1.807, 2.05) is 37.4 Å². The highest BCUT2D eigenvalue weighted by atomic mass is 16.6. The topological polar surface area (TPSA) is 103 Å². The molecule has 6 rings (SSSR count). The predicted molar refractivity (Wildman–Crippen MR) is 154 cm³/mol. The molecule has 3 N–H and O–H groups in total. The van der Waals surface area contributed by atoms with Crippen molar-refractivity contribution in [2.24, 2.45) is 12.5 Å². The van der Waals surface area contributed by atoms with Gasteiger partial charge in [-0.3, -0.25) is 10.00 Å². The molecule has 9 heteroatoms. The quantitative estimate of drug-likeness (QED) is 0.527. The average molecular weight is 554 g/mol. The van der Waals surface area contributed by atoms with Gasteiger partial charge in [0.15, 0.2) is 0 Å². The van der Waals surface area contributed by atoms with Crippen molar-refractivity contribution in [2.75, 3.05) is 26.2 Å². The first kappa shape index (κ1) is 27.9. The molecule has 4 fully saturated rings. The number of nitrogens with zero attached hydrogens (tertiary/aromatic N) is 4. The lowest BCUT2D eigenvalue weighted by Gasteiger charge is -2.54. The number of amides is 1. The third-order valence-electron chi connectivity index (χ3n) is 9.99. The maximum absolute atomic E-state index is 12.4. The molecule has 3 saturated heterocycles. The third-order valence-corrected chi connectivity index (χ3v) is 9.99. The zero-order valence-corrected chi connectivity index (χ0v) is 24.6. The maximum atomic E-state index is 12.4. The Labute approximate surface area is 237 Å². The van der Waals surface area contributed by atoms with Crippen LogP contribution in [0.4, 0.5) is 4.79 Å². The van der Waals surface area contributed by atoms with Crippen molar-refractivity contribution in [3.63, 3.8) is 0 Å². The molecule has 1 saturated carbocycles. The van der Waals surface area contributed by atoms with Gasteiger partial charge in [0.25, 0.3) is 0 Å². The summed E-state index contributed by atoms with van der Waals surface area (Å²) in [5.41, 5.74) is 3.30. The molecule has 3 unspecified atom stereocenters. The number of aliphatic hydroxyl groups excluding tert-OH is 2. The molecule has 0 radical (unpaired) electrons. The molecule has 3 aliphatic heterocycles. The van der Waals surface area contributed by atoms with Crippen molar-refractivity contribution in [1.29, 1.82) is 0 Å². The molecule has 4 aliphatic rings. The Kier molecular flexibility index (Phi) is 7.38. The number of aryl methyl sites for hydroxylation is 1. The van der Waals surface area contributed by atoms with Crippen LogP contribution >= 0.6 is 0 Å². The van der Waals surface area contributed by atoms with Gasteiger partial charge in [0.2, 0.25) is 0 Å². The second-order valence-electron chi connectivity index (χ2n) is 14.0. The summed E-state index contributed by atoms with van der Waals surface area (Å²) in [4.78, 5) is 17.0. The normalized spacial score (nSPS) is 28.6. The molecule has 220 valence electrons. The number of piperidine rings is 2. The van der Waals surface area contributed by atoms with Gasteiger partial charge >= 0.3 is 6.09 Å². The fourth-order valence-electron chi connectivity index (χ4n) is 7.72. The smallest absolute Gasteiger partial charge is 0.410 e. The second-order valence-corrected chi connectivity index (χ2v) is 14.0. The summed E-state index contributed by atoms with van der Waals surface area (Å²) < 4.78 is 7.51. The number of hydrogen-bond donors (Lipinski definition) is 3. The highest BCUT2D eigenvalue weighted by Gasteiger charge is 2.48. The van der Waals surface area contributed by atoms with E-state index in [2.05, 4.69) is 28.4 Å². The highest BCUT2D eigenvalue weighted by Crippen LogP contribution is 2.46. The lowest BCUT2D eigenvalue weighted by atomic mass is 9.67. The molecule has 2 aromatic rings. The van der Waals surface area contributed by atoms with E-state index in [0.717, 1.165) is 42.8 Å². The van der Waals surface area contributed by atoms with Crippen LogP contribution in [0.15, 0.2) is 18.2 Å². The van der Waals surface area contributed by atoms with E-state index >= 15 is 0 Å². The highest BCUT2D eigenvalue weighted by molar-refractivity contribution is 5.83. The van der Waals surface area contributed by atoms with Crippen LogP contribution in [0.25, 0.3) is 10.9 Å². The van der Waals surface area contributed by atoms with Crippen LogP contribution in [0, 0.1) is 5.41 Å². The fraction of sp³-hybridized carbons (Fsp3) is 0.742. The van der Waals surface area contributed by atoms with Gasteiger partial charge in [-0.05, 0) is 103 Å². The minimum Gasteiger partial charge on any atom is -0.444 e. The summed E-state index contributed by atoms with van der Waals surface area (Å²) >= 11 is 0. The number of carbonyl (C=O) groups is 1. The maximum Gasteiger partial charge on any atom is 0.410 e. The van der Waals surface area contributed by atoms with Crippen molar-refractivity contribution in [1.82, 2.24) is 24.9 Å². The van der Waals surface area contributed by atoms with Crippen molar-refractivity contribution in [2.45, 2.75) is 108 Å².